The zero-order chi connectivity index (χ0) is 14.6. The predicted molar refractivity (Wildman–Crippen MR) is 80.9 cm³/mol. The lowest BCUT2D eigenvalue weighted by molar-refractivity contribution is -0.117. The lowest BCUT2D eigenvalue weighted by Gasteiger charge is -2.22. The van der Waals surface area contributed by atoms with Crippen LogP contribution in [0, 0.1) is 0 Å². The minimum absolute atomic E-state index is 0.134. The molecule has 0 saturated carbocycles. The minimum atomic E-state index is -3.82. The Kier molecular flexibility index (Phi) is 4.86. The third-order valence-electron chi connectivity index (χ3n) is 2.63. The number of carbonyl (C=O) groups is 1. The molecule has 0 aromatic heterocycles. The van der Waals surface area contributed by atoms with Crippen molar-refractivity contribution in [2.24, 2.45) is 5.14 Å². The van der Waals surface area contributed by atoms with E-state index in [1.807, 2.05) is 0 Å². The van der Waals surface area contributed by atoms with Gasteiger partial charge in [0, 0.05) is 23.7 Å². The summed E-state index contributed by atoms with van der Waals surface area (Å²) in [6.07, 6.45) is 0. The Morgan fingerprint density at radius 1 is 1.40 bits per heavy atom. The smallest absolute Gasteiger partial charge is 0.296 e. The highest BCUT2D eigenvalue weighted by molar-refractivity contribution is 7.99. The van der Waals surface area contributed by atoms with Crippen LogP contribution in [0.5, 0.6) is 0 Å². The second-order valence-electron chi connectivity index (χ2n) is 4.30. The molecule has 1 aromatic carbocycles. The van der Waals surface area contributed by atoms with Gasteiger partial charge in [0.15, 0.2) is 0 Å². The molecule has 1 amide bonds. The first-order chi connectivity index (χ1) is 9.44. The van der Waals surface area contributed by atoms with E-state index in [0.717, 1.165) is 18.1 Å². The zero-order valence-corrected chi connectivity index (χ0v) is 12.3. The summed E-state index contributed by atoms with van der Waals surface area (Å²) < 4.78 is 24.0. The Bertz CT molecular complexity index is 585. The van der Waals surface area contributed by atoms with Gasteiger partial charge in [-0.2, -0.15) is 20.2 Å². The third kappa shape index (κ3) is 4.67. The highest BCUT2D eigenvalue weighted by Gasteiger charge is 2.20. The summed E-state index contributed by atoms with van der Waals surface area (Å²) in [5, 5.41) is 10.8. The number of carbonyl (C=O) groups excluding carboxylic acids is 1. The van der Waals surface area contributed by atoms with Crippen LogP contribution in [0.15, 0.2) is 24.3 Å². The van der Waals surface area contributed by atoms with Crippen LogP contribution in [0.3, 0.4) is 0 Å². The fourth-order valence-corrected chi connectivity index (χ4v) is 3.18. The van der Waals surface area contributed by atoms with Gasteiger partial charge in [0.1, 0.15) is 0 Å². The van der Waals surface area contributed by atoms with Crippen molar-refractivity contribution in [1.29, 1.82) is 0 Å². The number of thioether (sulfide) groups is 1. The molecule has 1 aliphatic rings. The molecule has 1 aromatic rings. The molecule has 0 aliphatic carbocycles. The van der Waals surface area contributed by atoms with Crippen LogP contribution in [0.4, 0.5) is 11.4 Å². The Hall–Kier alpha value is -1.29. The van der Waals surface area contributed by atoms with Crippen molar-refractivity contribution in [2.45, 2.75) is 6.04 Å². The molecule has 7 nitrogen and oxygen atoms in total. The fourth-order valence-electron chi connectivity index (χ4n) is 1.79. The number of rotatable bonds is 4. The Balaban J connectivity index is 2.02. The monoisotopic (exact) mass is 316 g/mol. The van der Waals surface area contributed by atoms with E-state index in [2.05, 4.69) is 15.4 Å². The van der Waals surface area contributed by atoms with E-state index >= 15 is 0 Å². The summed E-state index contributed by atoms with van der Waals surface area (Å²) in [7, 11) is -3.82. The van der Waals surface area contributed by atoms with Crippen molar-refractivity contribution in [2.75, 3.05) is 28.1 Å². The maximum absolute atomic E-state index is 12.0. The molecule has 110 valence electrons. The molecule has 9 heteroatoms. The fraction of sp³-hybridized carbons (Fsp3) is 0.364. The van der Waals surface area contributed by atoms with E-state index in [1.165, 1.54) is 6.07 Å². The average molecular weight is 316 g/mol. The maximum atomic E-state index is 12.0. The number of hydrogen-bond acceptors (Lipinski definition) is 5. The van der Waals surface area contributed by atoms with E-state index in [9.17, 15) is 13.2 Å². The van der Waals surface area contributed by atoms with Crippen LogP contribution in [0.2, 0.25) is 0 Å². The number of anilines is 2. The third-order valence-corrected chi connectivity index (χ3v) is 4.21. The van der Waals surface area contributed by atoms with Gasteiger partial charge in [-0.1, -0.05) is 6.07 Å². The van der Waals surface area contributed by atoms with Crippen LogP contribution in [-0.2, 0) is 15.0 Å². The number of nitrogens with two attached hydrogens (primary N) is 1. The van der Waals surface area contributed by atoms with Crippen LogP contribution in [0.1, 0.15) is 0 Å². The molecule has 1 saturated heterocycles. The van der Waals surface area contributed by atoms with Gasteiger partial charge in [-0.3, -0.25) is 9.52 Å². The molecule has 1 aliphatic heterocycles. The van der Waals surface area contributed by atoms with Crippen LogP contribution < -0.4 is 20.5 Å². The van der Waals surface area contributed by atoms with Gasteiger partial charge in [-0.25, -0.2) is 5.14 Å². The van der Waals surface area contributed by atoms with Crippen molar-refractivity contribution >= 4 is 39.3 Å². The number of benzene rings is 1. The Labute approximate surface area is 121 Å². The van der Waals surface area contributed by atoms with Crippen LogP contribution >= 0.6 is 11.8 Å². The second-order valence-corrected chi connectivity index (χ2v) is 6.74. The van der Waals surface area contributed by atoms with Gasteiger partial charge in [-0.05, 0) is 18.2 Å². The first kappa shape index (κ1) is 15.1. The molecule has 5 N–H and O–H groups in total. The highest BCUT2D eigenvalue weighted by Crippen LogP contribution is 2.17. The largest absolute Gasteiger partial charge is 0.325 e. The van der Waals surface area contributed by atoms with Crippen molar-refractivity contribution in [3.05, 3.63) is 24.3 Å². The molecule has 2 rings (SSSR count). The van der Waals surface area contributed by atoms with E-state index in [4.69, 9.17) is 5.14 Å². The normalized spacial score (nSPS) is 19.4. The molecule has 1 fully saturated rings. The average Bonchev–Trinajstić information content (AvgIpc) is 2.38. The van der Waals surface area contributed by atoms with Crippen molar-refractivity contribution < 1.29 is 13.2 Å². The first-order valence-corrected chi connectivity index (χ1v) is 8.67. The summed E-state index contributed by atoms with van der Waals surface area (Å²) in [6.45, 7) is 0.801. The Morgan fingerprint density at radius 2 is 2.15 bits per heavy atom. The van der Waals surface area contributed by atoms with Gasteiger partial charge in [-0.15, -0.1) is 0 Å². The lowest BCUT2D eigenvalue weighted by atomic mass is 10.2. The van der Waals surface area contributed by atoms with Gasteiger partial charge < -0.3 is 10.6 Å². The molecule has 1 unspecified atom stereocenters. The van der Waals surface area contributed by atoms with E-state index in [0.29, 0.717) is 11.4 Å². The topological polar surface area (TPSA) is 113 Å². The summed E-state index contributed by atoms with van der Waals surface area (Å²) in [4.78, 5) is 12.0. The van der Waals surface area contributed by atoms with Crippen molar-refractivity contribution in [3.63, 3.8) is 0 Å². The van der Waals surface area contributed by atoms with Crippen molar-refractivity contribution in [1.82, 2.24) is 5.32 Å². The molecule has 0 bridgehead atoms. The maximum Gasteiger partial charge on any atom is 0.296 e. The van der Waals surface area contributed by atoms with Crippen LogP contribution in [-0.4, -0.2) is 38.4 Å². The lowest BCUT2D eigenvalue weighted by Crippen LogP contribution is -2.46. The molecular weight excluding hydrogens is 300 g/mol. The number of nitrogens with one attached hydrogen (secondary N) is 3. The van der Waals surface area contributed by atoms with E-state index in [-0.39, 0.29) is 11.9 Å². The SMILES string of the molecule is NS(=O)(=O)Nc1cccc(NC(=O)C2CSCCN2)c1. The summed E-state index contributed by atoms with van der Waals surface area (Å²) in [5.41, 5.74) is 0.817. The summed E-state index contributed by atoms with van der Waals surface area (Å²) in [6, 6.07) is 6.14. The predicted octanol–water partition coefficient (Wildman–Crippen LogP) is -0.0545. The van der Waals surface area contributed by atoms with Crippen LogP contribution in [0.25, 0.3) is 0 Å². The van der Waals surface area contributed by atoms with Gasteiger partial charge in [0.2, 0.25) is 5.91 Å². The number of amides is 1. The zero-order valence-electron chi connectivity index (χ0n) is 10.6. The highest BCUT2D eigenvalue weighted by atomic mass is 32.2. The van der Waals surface area contributed by atoms with Gasteiger partial charge in [0.25, 0.3) is 10.2 Å². The van der Waals surface area contributed by atoms with E-state index < -0.39 is 10.2 Å². The standard InChI is InChI=1S/C11H16N4O3S2/c12-20(17,18)15-9-3-1-2-8(6-9)14-11(16)10-7-19-5-4-13-10/h1-3,6,10,13,15H,4-5,7H2,(H,14,16)(H2,12,17,18). The molecule has 1 heterocycles. The molecule has 0 spiro atoms. The van der Waals surface area contributed by atoms with E-state index in [1.54, 1.807) is 30.0 Å². The van der Waals surface area contributed by atoms with Crippen molar-refractivity contribution in [3.8, 4) is 0 Å². The Morgan fingerprint density at radius 3 is 2.80 bits per heavy atom. The van der Waals surface area contributed by atoms with Gasteiger partial charge >= 0.3 is 0 Å². The molecule has 20 heavy (non-hydrogen) atoms. The molecular formula is C11H16N4O3S2. The quantitative estimate of drug-likeness (QED) is 0.622. The number of hydrogen-bond donors (Lipinski definition) is 4. The first-order valence-electron chi connectivity index (χ1n) is 5.97. The molecule has 0 radical (unpaired) electrons. The summed E-state index contributed by atoms with van der Waals surface area (Å²) in [5.74, 6) is 1.59. The second kappa shape index (κ2) is 6.44. The molecule has 1 atom stereocenters. The minimum Gasteiger partial charge on any atom is -0.325 e. The summed E-state index contributed by atoms with van der Waals surface area (Å²) >= 11 is 1.72. The van der Waals surface area contributed by atoms with Gasteiger partial charge in [0.05, 0.1) is 11.7 Å².